The van der Waals surface area contributed by atoms with Crippen molar-refractivity contribution < 1.29 is 13.2 Å². The van der Waals surface area contributed by atoms with Crippen LogP contribution in [0.25, 0.3) is 0 Å². The van der Waals surface area contributed by atoms with Gasteiger partial charge in [-0.1, -0.05) is 24.3 Å². The van der Waals surface area contributed by atoms with E-state index in [0.29, 0.717) is 19.7 Å². The molecule has 0 radical (unpaired) electrons. The van der Waals surface area contributed by atoms with Crippen LogP contribution in [0.3, 0.4) is 0 Å². The zero-order chi connectivity index (χ0) is 14.3. The minimum Gasteiger partial charge on any atom is -0.381 e. The topological polar surface area (TPSA) is 72.6 Å². The van der Waals surface area contributed by atoms with Crippen molar-refractivity contribution in [3.63, 3.8) is 0 Å². The highest BCUT2D eigenvalue weighted by Gasteiger charge is 2.17. The Kier molecular flexibility index (Phi) is 6.44. The third kappa shape index (κ3) is 5.28. The van der Waals surface area contributed by atoms with Gasteiger partial charge >= 0.3 is 0 Å². The van der Waals surface area contributed by atoms with Gasteiger partial charge in [0.25, 0.3) is 0 Å². The van der Waals surface area contributed by atoms with Crippen molar-refractivity contribution in [2.24, 2.45) is 5.73 Å². The maximum atomic E-state index is 12.0. The van der Waals surface area contributed by atoms with Gasteiger partial charge in [-0.15, -0.1) is 0 Å². The zero-order valence-electron chi connectivity index (χ0n) is 11.5. The Morgan fingerprint density at radius 2 is 1.79 bits per heavy atom. The lowest BCUT2D eigenvalue weighted by Crippen LogP contribution is -2.30. The van der Waals surface area contributed by atoms with Crippen LogP contribution in [0.1, 0.15) is 18.1 Å². The molecule has 0 aliphatic rings. The molecule has 5 nitrogen and oxygen atoms in total. The first-order valence-electron chi connectivity index (χ1n) is 6.29. The van der Waals surface area contributed by atoms with E-state index < -0.39 is 10.0 Å². The minimum absolute atomic E-state index is 0.0121. The molecule has 6 heteroatoms. The summed E-state index contributed by atoms with van der Waals surface area (Å²) in [6.45, 7) is 3.45. The van der Waals surface area contributed by atoms with E-state index in [0.717, 1.165) is 11.1 Å². The van der Waals surface area contributed by atoms with E-state index >= 15 is 0 Å². The van der Waals surface area contributed by atoms with Gasteiger partial charge < -0.3 is 10.5 Å². The molecule has 1 aromatic carbocycles. The van der Waals surface area contributed by atoms with E-state index in [1.165, 1.54) is 4.31 Å². The fourth-order valence-corrected chi connectivity index (χ4v) is 2.59. The van der Waals surface area contributed by atoms with Crippen molar-refractivity contribution in [1.29, 1.82) is 0 Å². The summed E-state index contributed by atoms with van der Waals surface area (Å²) in [6.07, 6.45) is 0. The van der Waals surface area contributed by atoms with Crippen LogP contribution >= 0.6 is 0 Å². The van der Waals surface area contributed by atoms with Gasteiger partial charge in [-0.25, -0.2) is 12.7 Å². The third-order valence-corrected chi connectivity index (χ3v) is 4.59. The van der Waals surface area contributed by atoms with E-state index in [1.54, 1.807) is 7.05 Å². The van der Waals surface area contributed by atoms with E-state index in [2.05, 4.69) is 0 Å². The second kappa shape index (κ2) is 7.59. The Labute approximate surface area is 115 Å². The molecule has 0 spiro atoms. The van der Waals surface area contributed by atoms with Crippen molar-refractivity contribution in [1.82, 2.24) is 4.31 Å². The van der Waals surface area contributed by atoms with Crippen molar-refractivity contribution in [2.75, 3.05) is 26.0 Å². The van der Waals surface area contributed by atoms with Crippen LogP contribution in [0.4, 0.5) is 0 Å². The molecule has 1 aromatic rings. The molecule has 0 aromatic heterocycles. The fraction of sp³-hybridized carbons (Fsp3) is 0.538. The predicted molar refractivity (Wildman–Crippen MR) is 76.1 cm³/mol. The van der Waals surface area contributed by atoms with Gasteiger partial charge in [-0.05, 0) is 18.1 Å². The number of benzene rings is 1. The Hall–Kier alpha value is -0.950. The van der Waals surface area contributed by atoms with E-state index in [-0.39, 0.29) is 12.4 Å². The first-order chi connectivity index (χ1) is 8.99. The second-order valence-electron chi connectivity index (χ2n) is 4.29. The molecule has 0 saturated heterocycles. The van der Waals surface area contributed by atoms with Crippen LogP contribution in [-0.2, 0) is 27.8 Å². The molecule has 1 rings (SSSR count). The zero-order valence-corrected chi connectivity index (χ0v) is 12.3. The van der Waals surface area contributed by atoms with Gasteiger partial charge in [0.15, 0.2) is 0 Å². The van der Waals surface area contributed by atoms with Crippen LogP contribution in [-0.4, -0.2) is 38.7 Å². The highest BCUT2D eigenvalue weighted by atomic mass is 32.2. The van der Waals surface area contributed by atoms with Gasteiger partial charge in [-0.2, -0.15) is 0 Å². The summed E-state index contributed by atoms with van der Waals surface area (Å²) in [4.78, 5) is 0. The third-order valence-electron chi connectivity index (χ3n) is 2.83. The first-order valence-corrected chi connectivity index (χ1v) is 7.90. The monoisotopic (exact) mass is 286 g/mol. The molecule has 108 valence electrons. The number of hydrogen-bond donors (Lipinski definition) is 1. The number of rotatable bonds is 8. The van der Waals surface area contributed by atoms with Gasteiger partial charge in [0.2, 0.25) is 10.0 Å². The van der Waals surface area contributed by atoms with E-state index in [1.807, 2.05) is 31.2 Å². The summed E-state index contributed by atoms with van der Waals surface area (Å²) < 4.78 is 30.3. The lowest BCUT2D eigenvalue weighted by Gasteiger charge is -2.17. The molecule has 0 bridgehead atoms. The van der Waals surface area contributed by atoms with Crippen LogP contribution < -0.4 is 5.73 Å². The Morgan fingerprint density at radius 3 is 2.32 bits per heavy atom. The maximum Gasteiger partial charge on any atom is 0.216 e. The number of nitrogens with zero attached hydrogens (tertiary/aromatic N) is 1. The SMILES string of the molecule is CCOCCS(=O)(=O)N(C)Cc1ccc(CN)cc1. The van der Waals surface area contributed by atoms with Gasteiger partial charge in [-0.3, -0.25) is 0 Å². The number of ether oxygens (including phenoxy) is 1. The van der Waals surface area contributed by atoms with Gasteiger partial charge in [0.05, 0.1) is 12.4 Å². The van der Waals surface area contributed by atoms with Crippen molar-refractivity contribution in [3.8, 4) is 0 Å². The molecule has 0 heterocycles. The smallest absolute Gasteiger partial charge is 0.216 e. The van der Waals surface area contributed by atoms with Crippen LogP contribution in [0.5, 0.6) is 0 Å². The summed E-state index contributed by atoms with van der Waals surface area (Å²) in [6, 6.07) is 7.62. The lowest BCUT2D eigenvalue weighted by molar-refractivity contribution is 0.162. The van der Waals surface area contributed by atoms with Crippen LogP contribution in [0.2, 0.25) is 0 Å². The molecule has 19 heavy (non-hydrogen) atoms. The molecule has 0 aliphatic heterocycles. The van der Waals surface area contributed by atoms with Gasteiger partial charge in [0, 0.05) is 26.7 Å². The Morgan fingerprint density at radius 1 is 1.21 bits per heavy atom. The van der Waals surface area contributed by atoms with Crippen molar-refractivity contribution >= 4 is 10.0 Å². The summed E-state index contributed by atoms with van der Waals surface area (Å²) in [5, 5.41) is 0. The van der Waals surface area contributed by atoms with Gasteiger partial charge in [0.1, 0.15) is 0 Å². The molecular formula is C13H22N2O3S. The van der Waals surface area contributed by atoms with Crippen LogP contribution in [0.15, 0.2) is 24.3 Å². The normalized spacial score (nSPS) is 12.0. The summed E-state index contributed by atoms with van der Waals surface area (Å²) in [5.74, 6) is 0.0121. The minimum atomic E-state index is -3.26. The first kappa shape index (κ1) is 16.1. The van der Waals surface area contributed by atoms with Crippen molar-refractivity contribution in [2.45, 2.75) is 20.0 Å². The van der Waals surface area contributed by atoms with E-state index in [9.17, 15) is 8.42 Å². The summed E-state index contributed by atoms with van der Waals surface area (Å²) in [7, 11) is -1.68. The van der Waals surface area contributed by atoms with Crippen molar-refractivity contribution in [3.05, 3.63) is 35.4 Å². The number of hydrogen-bond acceptors (Lipinski definition) is 4. The summed E-state index contributed by atoms with van der Waals surface area (Å²) >= 11 is 0. The molecule has 0 fully saturated rings. The molecule has 0 saturated carbocycles. The molecule has 0 atom stereocenters. The van der Waals surface area contributed by atoms with Crippen LogP contribution in [0, 0.1) is 0 Å². The fourth-order valence-electron chi connectivity index (χ4n) is 1.60. The highest BCUT2D eigenvalue weighted by molar-refractivity contribution is 7.89. The second-order valence-corrected chi connectivity index (χ2v) is 6.49. The quantitative estimate of drug-likeness (QED) is 0.722. The Balaban J connectivity index is 2.59. The van der Waals surface area contributed by atoms with E-state index in [4.69, 9.17) is 10.5 Å². The molecule has 0 unspecified atom stereocenters. The molecular weight excluding hydrogens is 264 g/mol. The Bertz CT molecular complexity index is 471. The largest absolute Gasteiger partial charge is 0.381 e. The highest BCUT2D eigenvalue weighted by Crippen LogP contribution is 2.09. The maximum absolute atomic E-state index is 12.0. The standard InChI is InChI=1S/C13H22N2O3S/c1-3-18-8-9-19(16,17)15(2)11-13-6-4-12(10-14)5-7-13/h4-7H,3,8-11,14H2,1-2H3. The molecule has 0 amide bonds. The average molecular weight is 286 g/mol. The summed E-state index contributed by atoms with van der Waals surface area (Å²) in [5.41, 5.74) is 7.50. The lowest BCUT2D eigenvalue weighted by atomic mass is 10.1. The molecule has 2 N–H and O–H groups in total. The molecule has 0 aliphatic carbocycles. The number of sulfonamides is 1. The average Bonchev–Trinajstić information content (AvgIpc) is 2.39. The number of nitrogens with two attached hydrogens (primary N) is 1. The predicted octanol–water partition coefficient (Wildman–Crippen LogP) is 0.943.